The topological polar surface area (TPSA) is 68.5 Å². The minimum atomic E-state index is -0.412. The maximum Gasteiger partial charge on any atom is 0.307 e. The Hall–Kier alpha value is -1.78. The number of pyridine rings is 1. The molecule has 0 unspecified atom stereocenters. The van der Waals surface area contributed by atoms with E-state index in [4.69, 9.17) is 4.74 Å². The molecule has 1 rings (SSSR count). The fourth-order valence-electron chi connectivity index (χ4n) is 1.35. The molecule has 0 aromatic carbocycles. The van der Waals surface area contributed by atoms with Crippen molar-refractivity contribution in [1.82, 2.24) is 4.57 Å². The van der Waals surface area contributed by atoms with Crippen LogP contribution in [0.4, 0.5) is 0 Å². The second-order valence-electron chi connectivity index (χ2n) is 3.36. The average molecular weight is 225 g/mol. The van der Waals surface area contributed by atoms with Gasteiger partial charge in [0.15, 0.2) is 5.75 Å². The molecule has 5 heteroatoms. The molecule has 1 N–H and O–H groups in total. The van der Waals surface area contributed by atoms with E-state index in [9.17, 15) is 14.7 Å². The molecule has 1 aromatic rings. The number of aryl methyl sites for hydroxylation is 1. The monoisotopic (exact) mass is 225 g/mol. The number of carbonyl (C=O) groups excluding carboxylic acids is 1. The second kappa shape index (κ2) is 5.34. The average Bonchev–Trinajstić information content (AvgIpc) is 2.25. The number of ether oxygens (including phenoxy) is 1. The summed E-state index contributed by atoms with van der Waals surface area (Å²) in [6.07, 6.45) is 1.77. The Bertz CT molecular complexity index is 436. The van der Waals surface area contributed by atoms with E-state index in [0.29, 0.717) is 18.8 Å². The fourth-order valence-corrected chi connectivity index (χ4v) is 1.35. The van der Waals surface area contributed by atoms with Crippen molar-refractivity contribution in [3.8, 4) is 5.75 Å². The third-order valence-corrected chi connectivity index (χ3v) is 2.27. The first-order chi connectivity index (χ1) is 7.56. The highest BCUT2D eigenvalue weighted by molar-refractivity contribution is 5.69. The van der Waals surface area contributed by atoms with Gasteiger partial charge < -0.3 is 14.4 Å². The van der Waals surface area contributed by atoms with Crippen LogP contribution in [0, 0.1) is 6.92 Å². The Morgan fingerprint density at radius 2 is 2.25 bits per heavy atom. The highest BCUT2D eigenvalue weighted by Gasteiger charge is 2.07. The number of nitrogens with zero attached hydrogens (tertiary/aromatic N) is 1. The lowest BCUT2D eigenvalue weighted by molar-refractivity contribution is -0.143. The molecule has 0 bridgehead atoms. The molecule has 0 fully saturated rings. The third-order valence-electron chi connectivity index (χ3n) is 2.27. The van der Waals surface area contributed by atoms with Crippen molar-refractivity contribution < 1.29 is 14.6 Å². The molecule has 1 heterocycles. The van der Waals surface area contributed by atoms with Crippen LogP contribution in [0.1, 0.15) is 19.0 Å². The standard InChI is InChI=1S/C11H15NO4/c1-3-16-10(14)5-7-12-6-4-9(13)11(15)8(12)2/h4,6,15H,3,5,7H2,1-2H3. The quantitative estimate of drug-likeness (QED) is 0.770. The number of carbonyl (C=O) groups is 1. The summed E-state index contributed by atoms with van der Waals surface area (Å²) in [6.45, 7) is 4.11. The van der Waals surface area contributed by atoms with Crippen LogP contribution in [0.15, 0.2) is 17.1 Å². The number of aromatic nitrogens is 1. The SMILES string of the molecule is CCOC(=O)CCn1ccc(=O)c(O)c1C. The van der Waals surface area contributed by atoms with Gasteiger partial charge in [-0.3, -0.25) is 9.59 Å². The van der Waals surface area contributed by atoms with Gasteiger partial charge in [-0.25, -0.2) is 0 Å². The summed E-state index contributed by atoms with van der Waals surface area (Å²) in [6, 6.07) is 1.27. The highest BCUT2D eigenvalue weighted by Crippen LogP contribution is 2.09. The lowest BCUT2D eigenvalue weighted by Gasteiger charge is -2.10. The van der Waals surface area contributed by atoms with Crippen LogP contribution in [-0.2, 0) is 16.1 Å². The van der Waals surface area contributed by atoms with Crippen molar-refractivity contribution in [3.05, 3.63) is 28.2 Å². The van der Waals surface area contributed by atoms with Crippen LogP contribution < -0.4 is 5.43 Å². The highest BCUT2D eigenvalue weighted by atomic mass is 16.5. The summed E-state index contributed by atoms with van der Waals surface area (Å²) < 4.78 is 6.43. The molecule has 16 heavy (non-hydrogen) atoms. The Balaban J connectivity index is 2.72. The van der Waals surface area contributed by atoms with Crippen LogP contribution >= 0.6 is 0 Å². The molecule has 0 amide bonds. The van der Waals surface area contributed by atoms with Crippen LogP contribution in [0.25, 0.3) is 0 Å². The maximum absolute atomic E-state index is 11.1. The van der Waals surface area contributed by atoms with Crippen molar-refractivity contribution in [2.75, 3.05) is 6.61 Å². The molecular formula is C11H15NO4. The van der Waals surface area contributed by atoms with Crippen LogP contribution in [0.2, 0.25) is 0 Å². The van der Waals surface area contributed by atoms with Crippen molar-refractivity contribution in [3.63, 3.8) is 0 Å². The Labute approximate surface area is 93.3 Å². The molecule has 88 valence electrons. The zero-order valence-electron chi connectivity index (χ0n) is 9.40. The Morgan fingerprint density at radius 3 is 2.88 bits per heavy atom. The van der Waals surface area contributed by atoms with E-state index >= 15 is 0 Å². The van der Waals surface area contributed by atoms with Crippen molar-refractivity contribution in [1.29, 1.82) is 0 Å². The second-order valence-corrected chi connectivity index (χ2v) is 3.36. The van der Waals surface area contributed by atoms with Gasteiger partial charge in [0.1, 0.15) is 0 Å². The van der Waals surface area contributed by atoms with Gasteiger partial charge in [-0.1, -0.05) is 0 Å². The summed E-state index contributed by atoms with van der Waals surface area (Å²) in [7, 11) is 0. The molecule has 0 saturated heterocycles. The zero-order chi connectivity index (χ0) is 12.1. The normalized spacial score (nSPS) is 10.1. The molecule has 0 radical (unpaired) electrons. The van der Waals surface area contributed by atoms with Gasteiger partial charge in [-0.2, -0.15) is 0 Å². The van der Waals surface area contributed by atoms with Gasteiger partial charge in [0, 0.05) is 18.8 Å². The van der Waals surface area contributed by atoms with Crippen molar-refractivity contribution >= 4 is 5.97 Å². The van der Waals surface area contributed by atoms with E-state index in [2.05, 4.69) is 0 Å². The van der Waals surface area contributed by atoms with Gasteiger partial charge in [0.05, 0.1) is 18.7 Å². The van der Waals surface area contributed by atoms with Gasteiger partial charge in [0.2, 0.25) is 5.43 Å². The summed E-state index contributed by atoms with van der Waals surface area (Å²) in [5, 5.41) is 9.41. The number of rotatable bonds is 4. The Kier molecular flexibility index (Phi) is 4.10. The molecular weight excluding hydrogens is 210 g/mol. The first-order valence-corrected chi connectivity index (χ1v) is 5.11. The molecule has 0 aliphatic heterocycles. The van der Waals surface area contributed by atoms with Crippen LogP contribution in [0.3, 0.4) is 0 Å². The predicted molar refractivity (Wildman–Crippen MR) is 58.4 cm³/mol. The van der Waals surface area contributed by atoms with Gasteiger partial charge in [0.25, 0.3) is 0 Å². The van der Waals surface area contributed by atoms with Gasteiger partial charge in [-0.15, -0.1) is 0 Å². The Morgan fingerprint density at radius 1 is 1.56 bits per heavy atom. The summed E-state index contributed by atoms with van der Waals surface area (Å²) >= 11 is 0. The summed E-state index contributed by atoms with van der Waals surface area (Å²) in [4.78, 5) is 22.2. The van der Waals surface area contributed by atoms with E-state index < -0.39 is 5.43 Å². The van der Waals surface area contributed by atoms with E-state index in [0.717, 1.165) is 0 Å². The van der Waals surface area contributed by atoms with Gasteiger partial charge >= 0.3 is 5.97 Å². The molecule has 0 spiro atoms. The van der Waals surface area contributed by atoms with Crippen molar-refractivity contribution in [2.45, 2.75) is 26.8 Å². The summed E-state index contributed by atoms with van der Waals surface area (Å²) in [5.74, 6) is -0.563. The predicted octanol–water partition coefficient (Wildman–Crippen LogP) is 0.816. The number of hydrogen-bond donors (Lipinski definition) is 1. The lowest BCUT2D eigenvalue weighted by Crippen LogP contribution is -2.13. The van der Waals surface area contributed by atoms with E-state index in [1.54, 1.807) is 24.6 Å². The molecule has 0 atom stereocenters. The number of aromatic hydroxyl groups is 1. The molecule has 0 aliphatic rings. The van der Waals surface area contributed by atoms with Crippen LogP contribution in [-0.4, -0.2) is 22.2 Å². The largest absolute Gasteiger partial charge is 0.503 e. The minimum absolute atomic E-state index is 0.219. The molecule has 0 aliphatic carbocycles. The number of esters is 1. The fraction of sp³-hybridized carbons (Fsp3) is 0.455. The molecule has 5 nitrogen and oxygen atoms in total. The van der Waals surface area contributed by atoms with E-state index in [1.165, 1.54) is 6.07 Å². The summed E-state index contributed by atoms with van der Waals surface area (Å²) in [5.41, 5.74) is 0.0432. The molecule has 1 aromatic heterocycles. The number of hydrogen-bond acceptors (Lipinski definition) is 4. The third kappa shape index (κ3) is 2.85. The first-order valence-electron chi connectivity index (χ1n) is 5.11. The zero-order valence-corrected chi connectivity index (χ0v) is 9.40. The van der Waals surface area contributed by atoms with Crippen LogP contribution in [0.5, 0.6) is 5.75 Å². The maximum atomic E-state index is 11.1. The van der Waals surface area contributed by atoms with E-state index in [1.807, 2.05) is 0 Å². The van der Waals surface area contributed by atoms with E-state index in [-0.39, 0.29) is 18.1 Å². The van der Waals surface area contributed by atoms with Gasteiger partial charge in [-0.05, 0) is 13.8 Å². The van der Waals surface area contributed by atoms with Crippen molar-refractivity contribution in [2.24, 2.45) is 0 Å². The smallest absolute Gasteiger partial charge is 0.307 e. The molecule has 0 saturated carbocycles. The first kappa shape index (κ1) is 12.3. The minimum Gasteiger partial charge on any atom is -0.503 e. The lowest BCUT2D eigenvalue weighted by atomic mass is 10.3.